The number of aromatic nitrogens is 2. The van der Waals surface area contributed by atoms with Crippen molar-refractivity contribution in [3.8, 4) is 23.0 Å². The monoisotopic (exact) mass is 990 g/mol. The molecule has 4 aliphatic rings. The molecule has 2 amide bonds. The van der Waals surface area contributed by atoms with E-state index in [0.29, 0.717) is 50.6 Å². The number of rotatable bonds is 6. The third kappa shape index (κ3) is 10.3. The number of Topliss-reactive ketones (excluding diaryl/α,β-unsaturated/α-hetero) is 1. The average Bonchev–Trinajstić information content (AvgIpc) is 3.84. The minimum atomic E-state index is -3.34. The van der Waals surface area contributed by atoms with Crippen LogP contribution in [0.5, 0.6) is 23.0 Å². The number of benzene rings is 2. The lowest BCUT2D eigenvalue weighted by Gasteiger charge is -2.41. The molecule has 6 heterocycles. The molecular weight excluding hydrogens is 927 g/mol. The average molecular weight is 991 g/mol. The van der Waals surface area contributed by atoms with Gasteiger partial charge in [0.05, 0.1) is 87.9 Å². The van der Waals surface area contributed by atoms with Crippen molar-refractivity contribution in [1.29, 1.82) is 0 Å². The van der Waals surface area contributed by atoms with Crippen molar-refractivity contribution in [1.82, 2.24) is 19.8 Å². The summed E-state index contributed by atoms with van der Waals surface area (Å²) in [4.78, 5) is 76.8. The Kier molecular flexibility index (Phi) is 13.9. The zero-order chi connectivity index (χ0) is 52.3. The molecule has 2 aromatic heterocycles. The van der Waals surface area contributed by atoms with Crippen molar-refractivity contribution >= 4 is 51.7 Å². The Hall–Kier alpha value is -6.53. The van der Waals surface area contributed by atoms with E-state index in [2.05, 4.69) is 4.98 Å². The van der Waals surface area contributed by atoms with Crippen molar-refractivity contribution in [2.24, 2.45) is 0 Å². The number of amides is 2. The van der Waals surface area contributed by atoms with Crippen molar-refractivity contribution in [2.45, 2.75) is 147 Å². The van der Waals surface area contributed by atoms with Crippen molar-refractivity contribution in [3.05, 3.63) is 58.9 Å². The number of likely N-dealkylation sites (tertiary alicyclic amines) is 2. The summed E-state index contributed by atoms with van der Waals surface area (Å²) >= 11 is 0. The summed E-state index contributed by atoms with van der Waals surface area (Å²) in [5.41, 5.74) is -1.92. The predicted molar refractivity (Wildman–Crippen MR) is 256 cm³/mol. The topological polar surface area (TPSA) is 191 Å². The minimum Gasteiger partial charge on any atom is -0.497 e. The van der Waals surface area contributed by atoms with E-state index in [1.165, 1.54) is 32.3 Å². The molecule has 19 heteroatoms. The molecule has 71 heavy (non-hydrogen) atoms. The van der Waals surface area contributed by atoms with Gasteiger partial charge in [-0.25, -0.2) is 37.9 Å². The second-order valence-electron chi connectivity index (χ2n) is 21.2. The Morgan fingerprint density at radius 1 is 0.676 bits per heavy atom. The summed E-state index contributed by atoms with van der Waals surface area (Å²) in [5.74, 6) is -3.63. The van der Waals surface area contributed by atoms with Crippen LogP contribution in [0.3, 0.4) is 0 Å². The van der Waals surface area contributed by atoms with Crippen LogP contribution in [-0.4, -0.2) is 126 Å². The van der Waals surface area contributed by atoms with Gasteiger partial charge in [0.15, 0.2) is 17.3 Å². The van der Waals surface area contributed by atoms with Crippen LogP contribution >= 0.6 is 0 Å². The second-order valence-corrected chi connectivity index (χ2v) is 21.2. The van der Waals surface area contributed by atoms with Crippen LogP contribution in [0.25, 0.3) is 21.8 Å². The molecule has 17 nitrogen and oxygen atoms in total. The van der Waals surface area contributed by atoms with E-state index in [1.807, 2.05) is 33.8 Å². The number of methoxy groups -OCH3 is 4. The van der Waals surface area contributed by atoms with E-state index in [1.54, 1.807) is 72.9 Å². The highest BCUT2D eigenvalue weighted by molar-refractivity contribution is 6.11. The number of ketones is 1. The first-order chi connectivity index (χ1) is 33.1. The summed E-state index contributed by atoms with van der Waals surface area (Å²) in [7, 11) is 5.48. The highest BCUT2D eigenvalue weighted by atomic mass is 19.3. The van der Waals surface area contributed by atoms with Crippen LogP contribution in [-0.2, 0) is 34.5 Å². The molecule has 2 saturated heterocycles. The van der Waals surface area contributed by atoms with E-state index in [9.17, 15) is 24.0 Å². The SMILES string of the molecule is COC(=O)[C@@H]1CC2(CC(=O)c3c(c(C(C)C)nc4ccc(OC)cc34)O2)CN1C(=O)OC(C)(C)C.COC(=O)[C@@H]1CC2(CN1C(=O)OC(C)(C)C)CC(F)(F)c1c(c(C(C)C)nc3ccc(OC)cc13)O2. The highest BCUT2D eigenvalue weighted by Crippen LogP contribution is 2.55. The number of pyridine rings is 2. The van der Waals surface area contributed by atoms with Crippen LogP contribution < -0.4 is 18.9 Å². The fraction of sp³-hybridized carbons (Fsp3) is 0.558. The zero-order valence-electron chi connectivity index (χ0n) is 42.9. The number of nitrogens with zero attached hydrogens (tertiary/aromatic N) is 4. The smallest absolute Gasteiger partial charge is 0.411 e. The lowest BCUT2D eigenvalue weighted by atomic mass is 9.83. The van der Waals surface area contributed by atoms with E-state index < -0.39 is 71.0 Å². The lowest BCUT2D eigenvalue weighted by Crippen LogP contribution is -2.49. The summed E-state index contributed by atoms with van der Waals surface area (Å²) in [5, 5.41) is 0.884. The summed E-state index contributed by atoms with van der Waals surface area (Å²) < 4.78 is 76.7. The number of carbonyl (C=O) groups excluding carboxylic acids is 5. The zero-order valence-corrected chi connectivity index (χ0v) is 42.9. The van der Waals surface area contributed by atoms with E-state index in [4.69, 9.17) is 42.9 Å². The molecule has 4 aromatic rings. The Morgan fingerprint density at radius 3 is 1.58 bits per heavy atom. The fourth-order valence-electron chi connectivity index (χ4n) is 9.77. The van der Waals surface area contributed by atoms with Gasteiger partial charge in [0.1, 0.15) is 46.0 Å². The number of esters is 2. The number of fused-ring (bicyclic) bond motifs is 6. The maximum atomic E-state index is 16.1. The molecular formula is C52H64F2N4O13. The van der Waals surface area contributed by atoms with Gasteiger partial charge in [0.25, 0.3) is 5.92 Å². The number of hydrogen-bond acceptors (Lipinski definition) is 15. The maximum absolute atomic E-state index is 16.1. The van der Waals surface area contributed by atoms with Gasteiger partial charge in [-0.3, -0.25) is 14.6 Å². The summed E-state index contributed by atoms with van der Waals surface area (Å²) in [6.07, 6.45) is -2.23. The van der Waals surface area contributed by atoms with Gasteiger partial charge in [0, 0.05) is 23.6 Å². The Morgan fingerprint density at radius 2 is 1.11 bits per heavy atom. The molecule has 4 aliphatic heterocycles. The minimum absolute atomic E-state index is 0.000645. The molecule has 0 bridgehead atoms. The molecule has 4 atom stereocenters. The van der Waals surface area contributed by atoms with Gasteiger partial charge in [-0.1, -0.05) is 27.7 Å². The molecule has 0 radical (unpaired) electrons. The number of hydrogen-bond donors (Lipinski definition) is 0. The Labute approximate surface area is 411 Å². The quantitative estimate of drug-likeness (QED) is 0.131. The highest BCUT2D eigenvalue weighted by Gasteiger charge is 2.61. The van der Waals surface area contributed by atoms with Crippen LogP contribution in [0.1, 0.15) is 134 Å². The van der Waals surface area contributed by atoms with Crippen molar-refractivity contribution in [2.75, 3.05) is 41.5 Å². The van der Waals surface area contributed by atoms with Crippen molar-refractivity contribution in [3.63, 3.8) is 0 Å². The first kappa shape index (κ1) is 52.3. The first-order valence-corrected chi connectivity index (χ1v) is 23.6. The molecule has 0 aliphatic carbocycles. The summed E-state index contributed by atoms with van der Waals surface area (Å²) in [6.45, 7) is 17.7. The number of halogens is 2. The third-order valence-corrected chi connectivity index (χ3v) is 12.8. The van der Waals surface area contributed by atoms with Gasteiger partial charge in [-0.2, -0.15) is 0 Å². The molecule has 2 fully saturated rings. The van der Waals surface area contributed by atoms with E-state index >= 15 is 8.78 Å². The standard InChI is InChI=1S/C26H32F2N2O6.C26H32N2O7/c1-14(2)20-21-19(16-10-15(33-6)8-9-17(16)29-20)26(27,28)12-25(35-21)11-18(22(31)34-7)30(13-25)23(32)36-24(3,4)5;1-14(2)21-22-20(16-10-15(32-6)8-9-17(16)27-21)19(29)12-26(34-22)11-18(23(30)33-7)28(13-26)24(31)35-25(3,4)5/h8-10,14,18H,11-13H2,1-7H3;8-10,14,18H,11-13H2,1-7H3/t18-,25?;18-,26?/m00/s1. The fourth-order valence-corrected chi connectivity index (χ4v) is 9.77. The normalized spacial score (nSPS) is 22.4. The number of ether oxygens (including phenoxy) is 8. The van der Waals surface area contributed by atoms with Crippen LogP contribution in [0.2, 0.25) is 0 Å². The largest absolute Gasteiger partial charge is 0.497 e. The molecule has 384 valence electrons. The Bertz CT molecular complexity index is 2790. The van der Waals surface area contributed by atoms with Gasteiger partial charge in [-0.15, -0.1) is 0 Å². The molecule has 8 rings (SSSR count). The summed E-state index contributed by atoms with van der Waals surface area (Å²) in [6, 6.07) is 8.20. The van der Waals surface area contributed by atoms with Crippen LogP contribution in [0, 0.1) is 0 Å². The Balaban J connectivity index is 0.000000209. The first-order valence-electron chi connectivity index (χ1n) is 23.6. The maximum Gasteiger partial charge on any atom is 0.411 e. The van der Waals surface area contributed by atoms with E-state index in [-0.39, 0.29) is 66.7 Å². The predicted octanol–water partition coefficient (Wildman–Crippen LogP) is 9.42. The van der Waals surface area contributed by atoms with Crippen LogP contribution in [0.15, 0.2) is 36.4 Å². The van der Waals surface area contributed by atoms with Crippen LogP contribution in [0.4, 0.5) is 18.4 Å². The van der Waals surface area contributed by atoms with Crippen molar-refractivity contribution < 1.29 is 70.6 Å². The van der Waals surface area contributed by atoms with Gasteiger partial charge >= 0.3 is 24.1 Å². The third-order valence-electron chi connectivity index (χ3n) is 12.8. The number of alkyl halides is 2. The lowest BCUT2D eigenvalue weighted by molar-refractivity contribution is -0.146. The van der Waals surface area contributed by atoms with Gasteiger partial charge in [-0.05, 0) is 89.8 Å². The molecule has 2 spiro atoms. The molecule has 2 aromatic carbocycles. The van der Waals surface area contributed by atoms with Gasteiger partial charge in [0.2, 0.25) is 0 Å². The molecule has 2 unspecified atom stereocenters. The molecule has 0 saturated carbocycles. The van der Waals surface area contributed by atoms with Gasteiger partial charge < -0.3 is 37.9 Å². The molecule has 0 N–H and O–H groups in total. The second kappa shape index (κ2) is 18.9. The number of carbonyl (C=O) groups is 5. The van der Waals surface area contributed by atoms with E-state index in [0.717, 1.165) is 4.90 Å².